The van der Waals surface area contributed by atoms with Crippen LogP contribution in [-0.4, -0.2) is 14.5 Å². The second-order valence-electron chi connectivity index (χ2n) is 4.87. The van der Waals surface area contributed by atoms with E-state index in [4.69, 9.17) is 0 Å². The number of hydrogen-bond acceptors (Lipinski definition) is 6. The van der Waals surface area contributed by atoms with Crippen LogP contribution in [0.2, 0.25) is 0 Å². The first-order chi connectivity index (χ1) is 9.97. The summed E-state index contributed by atoms with van der Waals surface area (Å²) in [7, 11) is 1.79. The molecule has 0 atom stereocenters. The summed E-state index contributed by atoms with van der Waals surface area (Å²) in [5.41, 5.74) is 2.13. The minimum atomic E-state index is 0.0406. The van der Waals surface area contributed by atoms with Crippen LogP contribution in [0.4, 0.5) is 0 Å². The third-order valence-corrected chi connectivity index (χ3v) is 6.37. The fraction of sp³-hybridized carbons (Fsp3) is 0.357. The van der Waals surface area contributed by atoms with Crippen molar-refractivity contribution in [2.75, 3.05) is 0 Å². The van der Waals surface area contributed by atoms with Crippen LogP contribution in [0, 0.1) is 20.8 Å². The molecule has 110 valence electrons. The molecule has 0 saturated carbocycles. The van der Waals surface area contributed by atoms with Gasteiger partial charge in [-0.25, -0.2) is 9.97 Å². The zero-order valence-corrected chi connectivity index (χ0v) is 14.7. The van der Waals surface area contributed by atoms with Crippen molar-refractivity contribution < 1.29 is 0 Å². The van der Waals surface area contributed by atoms with Gasteiger partial charge in [0.15, 0.2) is 5.16 Å². The molecule has 3 rings (SSSR count). The van der Waals surface area contributed by atoms with Crippen molar-refractivity contribution in [3.05, 3.63) is 36.9 Å². The summed E-state index contributed by atoms with van der Waals surface area (Å²) in [5.74, 6) is 0.736. The molecule has 3 heterocycles. The molecule has 0 aromatic carbocycles. The molecule has 0 aliphatic heterocycles. The normalized spacial score (nSPS) is 11.4. The molecule has 0 unspecified atom stereocenters. The van der Waals surface area contributed by atoms with Gasteiger partial charge in [-0.3, -0.25) is 9.36 Å². The minimum absolute atomic E-state index is 0.0406. The number of thioether (sulfide) groups is 1. The lowest BCUT2D eigenvalue weighted by atomic mass is 10.2. The monoisotopic (exact) mass is 337 g/mol. The lowest BCUT2D eigenvalue weighted by molar-refractivity contribution is 0.727. The average molecular weight is 337 g/mol. The van der Waals surface area contributed by atoms with E-state index in [9.17, 15) is 4.79 Å². The maximum Gasteiger partial charge on any atom is 0.262 e. The van der Waals surface area contributed by atoms with E-state index < -0.39 is 0 Å². The molecule has 21 heavy (non-hydrogen) atoms. The molecule has 7 heteroatoms. The van der Waals surface area contributed by atoms with Gasteiger partial charge in [-0.05, 0) is 26.3 Å². The Morgan fingerprint density at radius 1 is 1.29 bits per heavy atom. The number of fused-ring (bicyclic) bond motifs is 1. The predicted molar refractivity (Wildman–Crippen MR) is 90.7 cm³/mol. The summed E-state index contributed by atoms with van der Waals surface area (Å²) < 4.78 is 1.64. The van der Waals surface area contributed by atoms with Crippen LogP contribution in [0.15, 0.2) is 15.3 Å². The highest BCUT2D eigenvalue weighted by atomic mass is 32.2. The standard InChI is InChI=1S/C14H15N3OS3/c1-7-8(2)21-12-11(7)13(18)17(4)14(16-12)20-6-10-5-19-9(3)15-10/h5H,6H2,1-4H3. The van der Waals surface area contributed by atoms with E-state index in [2.05, 4.69) is 15.3 Å². The number of nitrogens with zero attached hydrogens (tertiary/aromatic N) is 3. The molecule has 0 radical (unpaired) electrons. The van der Waals surface area contributed by atoms with E-state index in [0.717, 1.165) is 42.3 Å². The summed E-state index contributed by atoms with van der Waals surface area (Å²) in [6.07, 6.45) is 0. The fourth-order valence-electron chi connectivity index (χ4n) is 2.10. The molecule has 4 nitrogen and oxygen atoms in total. The van der Waals surface area contributed by atoms with Crippen molar-refractivity contribution in [1.29, 1.82) is 0 Å². The summed E-state index contributed by atoms with van der Waals surface area (Å²) in [6.45, 7) is 6.02. The van der Waals surface area contributed by atoms with Gasteiger partial charge in [0.25, 0.3) is 5.56 Å². The van der Waals surface area contributed by atoms with Gasteiger partial charge < -0.3 is 0 Å². The van der Waals surface area contributed by atoms with Gasteiger partial charge in [-0.1, -0.05) is 11.8 Å². The lowest BCUT2D eigenvalue weighted by Crippen LogP contribution is -2.19. The van der Waals surface area contributed by atoms with Gasteiger partial charge in [0.05, 0.1) is 16.1 Å². The number of rotatable bonds is 3. The van der Waals surface area contributed by atoms with Gasteiger partial charge >= 0.3 is 0 Å². The van der Waals surface area contributed by atoms with E-state index in [-0.39, 0.29) is 5.56 Å². The Bertz CT molecular complexity index is 876. The highest BCUT2D eigenvalue weighted by Crippen LogP contribution is 2.29. The summed E-state index contributed by atoms with van der Waals surface area (Å²) in [5, 5.41) is 4.62. The fourth-order valence-corrected chi connectivity index (χ4v) is 4.75. The summed E-state index contributed by atoms with van der Waals surface area (Å²) in [6, 6.07) is 0. The predicted octanol–water partition coefficient (Wildman–Crippen LogP) is 3.67. The van der Waals surface area contributed by atoms with Crippen molar-refractivity contribution >= 4 is 44.7 Å². The topological polar surface area (TPSA) is 47.8 Å². The maximum atomic E-state index is 12.5. The van der Waals surface area contributed by atoms with Crippen molar-refractivity contribution in [2.24, 2.45) is 7.05 Å². The summed E-state index contributed by atoms with van der Waals surface area (Å²) in [4.78, 5) is 23.6. The number of aryl methyl sites for hydroxylation is 3. The number of aromatic nitrogens is 3. The average Bonchev–Trinajstić information content (AvgIpc) is 2.97. The van der Waals surface area contributed by atoms with Crippen molar-refractivity contribution in [3.8, 4) is 0 Å². The molecule has 0 spiro atoms. The number of hydrogen-bond donors (Lipinski definition) is 0. The molecule has 0 bridgehead atoms. The van der Waals surface area contributed by atoms with Gasteiger partial charge in [0.2, 0.25) is 0 Å². The van der Waals surface area contributed by atoms with Gasteiger partial charge in [0.1, 0.15) is 4.83 Å². The van der Waals surface area contributed by atoms with Crippen LogP contribution >= 0.6 is 34.4 Å². The Labute approximate surface area is 134 Å². The number of thiophene rings is 1. The van der Waals surface area contributed by atoms with Crippen LogP contribution in [0.1, 0.15) is 21.1 Å². The largest absolute Gasteiger partial charge is 0.290 e. The quantitative estimate of drug-likeness (QED) is 0.540. The Hall–Kier alpha value is -1.18. The molecule has 0 amide bonds. The van der Waals surface area contributed by atoms with E-state index in [1.165, 1.54) is 0 Å². The molecule has 0 aliphatic carbocycles. The smallest absolute Gasteiger partial charge is 0.262 e. The first-order valence-electron chi connectivity index (χ1n) is 6.48. The Balaban J connectivity index is 1.99. The molecule has 0 saturated heterocycles. The van der Waals surface area contributed by atoms with E-state index in [1.807, 2.05) is 20.8 Å². The van der Waals surface area contributed by atoms with Gasteiger partial charge in [-0.2, -0.15) is 0 Å². The highest BCUT2D eigenvalue weighted by molar-refractivity contribution is 7.98. The Kier molecular flexibility index (Phi) is 3.90. The maximum absolute atomic E-state index is 12.5. The molecular weight excluding hydrogens is 322 g/mol. The SMILES string of the molecule is Cc1nc(CSc2nc3sc(C)c(C)c3c(=O)n2C)cs1. The zero-order valence-electron chi connectivity index (χ0n) is 12.3. The van der Waals surface area contributed by atoms with Crippen molar-refractivity contribution in [1.82, 2.24) is 14.5 Å². The lowest BCUT2D eigenvalue weighted by Gasteiger charge is -2.06. The van der Waals surface area contributed by atoms with E-state index in [0.29, 0.717) is 0 Å². The van der Waals surface area contributed by atoms with Crippen LogP contribution in [0.25, 0.3) is 10.2 Å². The van der Waals surface area contributed by atoms with Crippen molar-refractivity contribution in [2.45, 2.75) is 31.7 Å². The Morgan fingerprint density at radius 3 is 2.71 bits per heavy atom. The molecule has 3 aromatic heterocycles. The second kappa shape index (κ2) is 5.55. The van der Waals surface area contributed by atoms with Crippen LogP contribution in [0.3, 0.4) is 0 Å². The minimum Gasteiger partial charge on any atom is -0.290 e. The van der Waals surface area contributed by atoms with Crippen molar-refractivity contribution in [3.63, 3.8) is 0 Å². The third kappa shape index (κ3) is 2.65. The van der Waals surface area contributed by atoms with Gasteiger partial charge in [-0.15, -0.1) is 22.7 Å². The van der Waals surface area contributed by atoms with Crippen LogP contribution < -0.4 is 5.56 Å². The zero-order chi connectivity index (χ0) is 15.1. The Morgan fingerprint density at radius 2 is 2.05 bits per heavy atom. The van der Waals surface area contributed by atoms with Crippen LogP contribution in [0.5, 0.6) is 0 Å². The second-order valence-corrected chi connectivity index (χ2v) is 8.08. The molecule has 3 aromatic rings. The first kappa shape index (κ1) is 14.7. The molecule has 0 fully saturated rings. The number of thiazole rings is 1. The third-order valence-electron chi connectivity index (χ3n) is 3.39. The van der Waals surface area contributed by atoms with E-state index >= 15 is 0 Å². The molecule has 0 aliphatic rings. The van der Waals surface area contributed by atoms with E-state index in [1.54, 1.807) is 46.1 Å². The van der Waals surface area contributed by atoms with Gasteiger partial charge in [0, 0.05) is 23.1 Å². The van der Waals surface area contributed by atoms with Crippen LogP contribution in [-0.2, 0) is 12.8 Å². The molecule has 0 N–H and O–H groups in total. The molecular formula is C14H15N3OS3. The summed E-state index contributed by atoms with van der Waals surface area (Å²) >= 11 is 4.79. The highest BCUT2D eigenvalue weighted by Gasteiger charge is 2.15. The first-order valence-corrected chi connectivity index (χ1v) is 9.16.